The molecule has 0 radical (unpaired) electrons. The third kappa shape index (κ3) is 2.75. The van der Waals surface area contributed by atoms with Gasteiger partial charge in [-0.05, 0) is 36.1 Å². The number of hydrogen-bond donors (Lipinski definition) is 2. The molecule has 0 fully saturated rings. The maximum atomic E-state index is 12.2. The highest BCUT2D eigenvalue weighted by atomic mass is 16.4. The number of fused-ring (bicyclic) bond motifs is 3. The van der Waals surface area contributed by atoms with Crippen LogP contribution in [0.15, 0.2) is 21.3 Å². The van der Waals surface area contributed by atoms with Gasteiger partial charge in [0.2, 0.25) is 0 Å². The van der Waals surface area contributed by atoms with Crippen LogP contribution in [0.1, 0.15) is 42.9 Å². The maximum absolute atomic E-state index is 12.2. The zero-order chi connectivity index (χ0) is 15.7. The Hall–Kier alpha value is -1.81. The molecular weight excluding hydrogens is 278 g/mol. The first kappa shape index (κ1) is 15.1. The summed E-state index contributed by atoms with van der Waals surface area (Å²) in [6, 6.07) is 3.76. The van der Waals surface area contributed by atoms with Crippen LogP contribution in [0, 0.1) is 0 Å². The third-order valence-electron chi connectivity index (χ3n) is 4.61. The minimum atomic E-state index is -0.244. The summed E-state index contributed by atoms with van der Waals surface area (Å²) in [6.45, 7) is 3.82. The van der Waals surface area contributed by atoms with E-state index in [2.05, 4.69) is 14.0 Å². The Balaban J connectivity index is 2.08. The number of phenolic OH excluding ortho intramolecular Hbond substituents is 1. The number of rotatable bonds is 4. The molecule has 4 heteroatoms. The van der Waals surface area contributed by atoms with Gasteiger partial charge in [0.1, 0.15) is 17.9 Å². The molecule has 1 atom stereocenters. The molecule has 118 valence electrons. The van der Waals surface area contributed by atoms with E-state index >= 15 is 0 Å². The summed E-state index contributed by atoms with van der Waals surface area (Å²) in [4.78, 5) is 13.5. The van der Waals surface area contributed by atoms with Gasteiger partial charge >= 0.3 is 5.63 Å². The van der Waals surface area contributed by atoms with E-state index in [1.165, 1.54) is 11.3 Å². The summed E-state index contributed by atoms with van der Waals surface area (Å²) < 4.78 is 5.51. The van der Waals surface area contributed by atoms with Crippen molar-refractivity contribution in [2.24, 2.45) is 0 Å². The lowest BCUT2D eigenvalue weighted by atomic mass is 9.95. The van der Waals surface area contributed by atoms with E-state index in [9.17, 15) is 9.90 Å². The summed E-state index contributed by atoms with van der Waals surface area (Å²) in [7, 11) is 2.07. The topological polar surface area (TPSA) is 54.9 Å². The molecule has 1 aromatic heterocycles. The second-order valence-corrected chi connectivity index (χ2v) is 6.43. The molecule has 3 rings (SSSR count). The molecule has 2 aromatic rings. The van der Waals surface area contributed by atoms with Gasteiger partial charge in [0.25, 0.3) is 0 Å². The monoisotopic (exact) mass is 302 g/mol. The largest absolute Gasteiger partial charge is 0.507 e. The minimum Gasteiger partial charge on any atom is -0.507 e. The van der Waals surface area contributed by atoms with Gasteiger partial charge in [-0.25, -0.2) is 4.79 Å². The Kier molecular flexibility index (Phi) is 4.21. The van der Waals surface area contributed by atoms with Gasteiger partial charge in [-0.3, -0.25) is 0 Å². The summed E-state index contributed by atoms with van der Waals surface area (Å²) >= 11 is 0. The number of quaternary nitrogens is 1. The van der Waals surface area contributed by atoms with Crippen LogP contribution in [-0.2, 0) is 19.4 Å². The molecule has 2 N–H and O–H groups in total. The van der Waals surface area contributed by atoms with Crippen LogP contribution in [0.4, 0.5) is 0 Å². The normalized spacial score (nSPS) is 17.6. The minimum absolute atomic E-state index is 0.244. The predicted molar refractivity (Wildman–Crippen MR) is 86.5 cm³/mol. The highest BCUT2D eigenvalue weighted by Gasteiger charge is 2.25. The number of unbranched alkanes of at least 4 members (excludes halogenated alkanes) is 2. The van der Waals surface area contributed by atoms with E-state index in [1.54, 1.807) is 0 Å². The van der Waals surface area contributed by atoms with Crippen molar-refractivity contribution in [1.29, 1.82) is 0 Å². The van der Waals surface area contributed by atoms with Crippen molar-refractivity contribution in [2.75, 3.05) is 13.6 Å². The van der Waals surface area contributed by atoms with Crippen LogP contribution < -0.4 is 10.5 Å². The molecule has 0 aliphatic carbocycles. The van der Waals surface area contributed by atoms with Gasteiger partial charge in [0.15, 0.2) is 0 Å². The van der Waals surface area contributed by atoms with Crippen LogP contribution in [0.3, 0.4) is 0 Å². The molecule has 1 aliphatic heterocycles. The van der Waals surface area contributed by atoms with Gasteiger partial charge < -0.3 is 14.4 Å². The number of benzene rings is 1. The van der Waals surface area contributed by atoms with Crippen molar-refractivity contribution in [3.63, 3.8) is 0 Å². The Bertz CT molecular complexity index is 748. The van der Waals surface area contributed by atoms with Gasteiger partial charge in [0, 0.05) is 6.42 Å². The smallest absolute Gasteiger partial charge is 0.345 e. The quantitative estimate of drug-likeness (QED) is 0.669. The van der Waals surface area contributed by atoms with Crippen molar-refractivity contribution in [2.45, 2.75) is 45.6 Å². The Morgan fingerprint density at radius 1 is 1.27 bits per heavy atom. The van der Waals surface area contributed by atoms with Crippen LogP contribution in [-0.4, -0.2) is 18.7 Å². The highest BCUT2D eigenvalue weighted by Crippen LogP contribution is 2.31. The molecule has 0 amide bonds. The molecule has 1 aliphatic rings. The van der Waals surface area contributed by atoms with Crippen LogP contribution in [0.2, 0.25) is 0 Å². The van der Waals surface area contributed by atoms with Crippen molar-refractivity contribution >= 4 is 11.0 Å². The summed E-state index contributed by atoms with van der Waals surface area (Å²) in [5.41, 5.74) is 3.04. The van der Waals surface area contributed by atoms with Crippen molar-refractivity contribution in [3.8, 4) is 5.75 Å². The Labute approximate surface area is 130 Å². The molecule has 2 heterocycles. The predicted octanol–water partition coefficient (Wildman–Crippen LogP) is 1.80. The van der Waals surface area contributed by atoms with Crippen molar-refractivity contribution in [3.05, 3.63) is 39.2 Å². The second-order valence-electron chi connectivity index (χ2n) is 6.43. The van der Waals surface area contributed by atoms with Crippen molar-refractivity contribution in [1.82, 2.24) is 0 Å². The average Bonchev–Trinajstić information content (AvgIpc) is 2.47. The first-order chi connectivity index (χ1) is 10.6. The molecule has 0 saturated carbocycles. The zero-order valence-electron chi connectivity index (χ0n) is 13.4. The SMILES string of the molecule is CCCCCc1cc(O)c2c3c(c(=O)oc2c1)C[NH+](C)CC3. The van der Waals surface area contributed by atoms with Gasteiger partial charge in [-0.1, -0.05) is 19.8 Å². The average molecular weight is 302 g/mol. The van der Waals surface area contributed by atoms with E-state index in [1.807, 2.05) is 12.1 Å². The lowest BCUT2D eigenvalue weighted by Crippen LogP contribution is -3.08. The lowest BCUT2D eigenvalue weighted by molar-refractivity contribution is -0.895. The fourth-order valence-corrected chi connectivity index (χ4v) is 3.38. The Morgan fingerprint density at radius 3 is 2.86 bits per heavy atom. The van der Waals surface area contributed by atoms with Crippen LogP contribution >= 0.6 is 0 Å². The second kappa shape index (κ2) is 6.13. The first-order valence-corrected chi connectivity index (χ1v) is 8.22. The summed E-state index contributed by atoms with van der Waals surface area (Å²) in [5, 5.41) is 11.2. The lowest BCUT2D eigenvalue weighted by Gasteiger charge is -2.22. The molecule has 4 nitrogen and oxygen atoms in total. The van der Waals surface area contributed by atoms with Crippen LogP contribution in [0.25, 0.3) is 11.0 Å². The summed E-state index contributed by atoms with van der Waals surface area (Å²) in [6.07, 6.45) is 5.14. The van der Waals surface area contributed by atoms with Gasteiger partial charge in [-0.2, -0.15) is 0 Å². The number of phenols is 1. The standard InChI is InChI=1S/C18H23NO3/c1-3-4-5-6-12-9-15(20)17-13-7-8-19(2)11-14(13)18(21)22-16(17)10-12/h9-10,20H,3-8,11H2,1-2H3/p+1. The van der Waals surface area contributed by atoms with Crippen LogP contribution in [0.5, 0.6) is 5.75 Å². The Morgan fingerprint density at radius 2 is 2.09 bits per heavy atom. The third-order valence-corrected chi connectivity index (χ3v) is 4.61. The van der Waals surface area contributed by atoms with E-state index in [-0.39, 0.29) is 11.4 Å². The first-order valence-electron chi connectivity index (χ1n) is 8.22. The van der Waals surface area contributed by atoms with E-state index in [4.69, 9.17) is 4.42 Å². The number of aromatic hydroxyl groups is 1. The van der Waals surface area contributed by atoms with Gasteiger partial charge in [0.05, 0.1) is 24.5 Å². The molecular formula is C18H24NO3+. The molecule has 1 aromatic carbocycles. The number of aryl methyl sites for hydroxylation is 1. The maximum Gasteiger partial charge on any atom is 0.345 e. The molecule has 0 spiro atoms. The highest BCUT2D eigenvalue weighted by molar-refractivity contribution is 5.88. The zero-order valence-corrected chi connectivity index (χ0v) is 13.4. The summed E-state index contributed by atoms with van der Waals surface area (Å²) in [5.74, 6) is 0.253. The molecule has 1 unspecified atom stereocenters. The van der Waals surface area contributed by atoms with E-state index < -0.39 is 0 Å². The fraction of sp³-hybridized carbons (Fsp3) is 0.500. The van der Waals surface area contributed by atoms with Gasteiger partial charge in [-0.15, -0.1) is 0 Å². The van der Waals surface area contributed by atoms with Crippen molar-refractivity contribution < 1.29 is 14.4 Å². The molecule has 0 saturated heterocycles. The number of hydrogen-bond acceptors (Lipinski definition) is 3. The van der Waals surface area contributed by atoms with E-state index in [0.717, 1.165) is 54.3 Å². The number of likely N-dealkylation sites (N-methyl/N-ethyl adjacent to an activating group) is 1. The molecule has 0 bridgehead atoms. The van der Waals surface area contributed by atoms with E-state index in [0.29, 0.717) is 12.1 Å². The molecule has 22 heavy (non-hydrogen) atoms. The fourth-order valence-electron chi connectivity index (χ4n) is 3.38. The number of nitrogens with one attached hydrogen (secondary N) is 1.